The van der Waals surface area contributed by atoms with Crippen LogP contribution in [0.3, 0.4) is 0 Å². The summed E-state index contributed by atoms with van der Waals surface area (Å²) in [7, 11) is -8.38. The summed E-state index contributed by atoms with van der Waals surface area (Å²) >= 11 is 1.76. The molecule has 0 aliphatic carbocycles. The summed E-state index contributed by atoms with van der Waals surface area (Å²) in [6.07, 6.45) is 0. The van der Waals surface area contributed by atoms with E-state index in [2.05, 4.69) is 121 Å². The van der Waals surface area contributed by atoms with Gasteiger partial charge in [0.05, 0.1) is 7.11 Å². The quantitative estimate of drug-likeness (QED) is 0.260. The maximum atomic E-state index is 7.16. The monoisotopic (exact) mass is 588 g/mol. The first-order valence-electron chi connectivity index (χ1n) is 12.9. The maximum Gasteiger partial charge on any atom is 0.467 e. The third kappa shape index (κ3) is 7.63. The molecule has 0 spiro atoms. The van der Waals surface area contributed by atoms with Gasteiger partial charge in [-0.15, -0.1) is 0 Å². The number of thiophene rings is 1. The van der Waals surface area contributed by atoms with Gasteiger partial charge in [0.15, 0.2) is 0 Å². The average Bonchev–Trinajstić information content (AvgIpc) is 3.33. The third-order valence-electron chi connectivity index (χ3n) is 6.67. The first-order chi connectivity index (χ1) is 17.0. The van der Waals surface area contributed by atoms with Crippen LogP contribution < -0.4 is 19.6 Å². The van der Waals surface area contributed by atoms with E-state index in [1.807, 2.05) is 12.1 Å². The molecule has 3 rings (SSSR count). The lowest BCUT2D eigenvalue weighted by Crippen LogP contribution is -2.66. The lowest BCUT2D eigenvalue weighted by atomic mass is 9.87. The van der Waals surface area contributed by atoms with Gasteiger partial charge in [-0.25, -0.2) is 0 Å². The van der Waals surface area contributed by atoms with Gasteiger partial charge in [-0.3, -0.25) is 0 Å². The molecule has 1 unspecified atom stereocenters. The van der Waals surface area contributed by atoms with Crippen molar-refractivity contribution in [1.29, 1.82) is 0 Å². The minimum absolute atomic E-state index is 0.116. The molecule has 1 heterocycles. The Morgan fingerprint density at radius 2 is 1.08 bits per heavy atom. The van der Waals surface area contributed by atoms with E-state index < -0.39 is 33.8 Å². The van der Waals surface area contributed by atoms with Crippen LogP contribution in [0.2, 0.25) is 45.8 Å². The Bertz CT molecular complexity index is 1150. The number of hydrogen-bond donors (Lipinski definition) is 0. The number of benzene rings is 2. The largest absolute Gasteiger partial charge is 0.497 e. The molecular weight excluding hydrogens is 545 g/mol. The highest BCUT2D eigenvalue weighted by molar-refractivity contribution is 7.24. The molecule has 0 aliphatic heterocycles. The second-order valence-electron chi connectivity index (χ2n) is 12.2. The molecule has 9 heteroatoms. The highest BCUT2D eigenvalue weighted by Gasteiger charge is 2.50. The molecule has 0 saturated heterocycles. The predicted octanol–water partition coefficient (Wildman–Crippen LogP) is 6.31. The van der Waals surface area contributed by atoms with E-state index in [1.54, 1.807) is 18.4 Å². The molecule has 0 amide bonds. The van der Waals surface area contributed by atoms with Gasteiger partial charge >= 0.3 is 8.80 Å². The molecule has 0 bridgehead atoms. The van der Waals surface area contributed by atoms with Crippen molar-refractivity contribution < 1.29 is 17.1 Å². The van der Waals surface area contributed by atoms with E-state index in [0.29, 0.717) is 0 Å². The van der Waals surface area contributed by atoms with Crippen molar-refractivity contribution in [3.05, 3.63) is 71.6 Å². The summed E-state index contributed by atoms with van der Waals surface area (Å²) in [4.78, 5) is 0. The van der Waals surface area contributed by atoms with Crippen molar-refractivity contribution in [2.45, 2.75) is 72.0 Å². The van der Waals surface area contributed by atoms with Crippen LogP contribution in [0.1, 0.15) is 26.3 Å². The van der Waals surface area contributed by atoms with Gasteiger partial charge in [0, 0.05) is 11.0 Å². The van der Waals surface area contributed by atoms with Crippen molar-refractivity contribution in [3.63, 3.8) is 0 Å². The molecule has 2 aromatic carbocycles. The van der Waals surface area contributed by atoms with Crippen LogP contribution in [0.5, 0.6) is 5.75 Å². The highest BCUT2D eigenvalue weighted by Crippen LogP contribution is 2.27. The van der Waals surface area contributed by atoms with Crippen LogP contribution in [-0.2, 0) is 17.8 Å². The third-order valence-corrected chi connectivity index (χ3v) is 24.6. The summed E-state index contributed by atoms with van der Waals surface area (Å²) in [6, 6.07) is 21.5. The van der Waals surface area contributed by atoms with Crippen molar-refractivity contribution in [1.82, 2.24) is 0 Å². The van der Waals surface area contributed by atoms with Crippen LogP contribution >= 0.6 is 11.3 Å². The zero-order valence-corrected chi connectivity index (χ0v) is 29.2. The van der Waals surface area contributed by atoms with E-state index in [9.17, 15) is 0 Å². The second-order valence-corrected chi connectivity index (χ2v) is 28.5. The van der Waals surface area contributed by atoms with Crippen molar-refractivity contribution in [2.24, 2.45) is 0 Å². The Morgan fingerprint density at radius 1 is 0.622 bits per heavy atom. The summed E-state index contributed by atoms with van der Waals surface area (Å²) in [5, 5.41) is 4.58. The fourth-order valence-electron chi connectivity index (χ4n) is 4.61. The van der Waals surface area contributed by atoms with Crippen LogP contribution in [-0.4, -0.2) is 40.9 Å². The lowest BCUT2D eigenvalue weighted by molar-refractivity contribution is 0.268. The minimum atomic E-state index is -3.09. The first kappa shape index (κ1) is 30.2. The summed E-state index contributed by atoms with van der Waals surface area (Å²) in [5.74, 6) is 0.847. The Labute approximate surface area is 232 Å². The van der Waals surface area contributed by atoms with Gasteiger partial charge in [-0.1, -0.05) is 63.2 Å². The zero-order valence-electron chi connectivity index (χ0n) is 24.4. The zero-order chi connectivity index (χ0) is 27.7. The Kier molecular flexibility index (Phi) is 9.03. The number of ether oxygens (including phenoxy) is 1. The molecule has 202 valence electrons. The fourth-order valence-corrected chi connectivity index (χ4v) is 23.3. The highest BCUT2D eigenvalue weighted by atomic mass is 32.1. The molecule has 0 N–H and O–H groups in total. The van der Waals surface area contributed by atoms with E-state index in [-0.39, 0.29) is 5.41 Å². The molecular formula is C28H44O4SSi4. The Morgan fingerprint density at radius 3 is 1.49 bits per heavy atom. The predicted molar refractivity (Wildman–Crippen MR) is 169 cm³/mol. The molecule has 1 atom stereocenters. The van der Waals surface area contributed by atoms with Gasteiger partial charge < -0.3 is 17.1 Å². The standard InChI is InChI=1S/C28H44O4SSi4/c1-28(2,3)23-14-18-25(19-15-23)34(5,6)30-37(11,32-36(9,10)27-13-12-22-33-27)31-35(7,8)26-20-16-24(29-4)17-21-26/h12-22H,1-11H3. The van der Waals surface area contributed by atoms with Crippen LogP contribution in [0, 0.1) is 0 Å². The van der Waals surface area contributed by atoms with E-state index in [1.165, 1.54) is 20.4 Å². The minimum Gasteiger partial charge on any atom is -0.497 e. The van der Waals surface area contributed by atoms with E-state index in [0.717, 1.165) is 5.75 Å². The summed E-state index contributed by atoms with van der Waals surface area (Å²) in [5.41, 5.74) is 1.44. The van der Waals surface area contributed by atoms with E-state index >= 15 is 0 Å². The number of rotatable bonds is 10. The van der Waals surface area contributed by atoms with Gasteiger partial charge in [0.1, 0.15) is 5.75 Å². The van der Waals surface area contributed by atoms with Crippen LogP contribution in [0.4, 0.5) is 0 Å². The second kappa shape index (κ2) is 11.0. The molecule has 1 aromatic heterocycles. The summed E-state index contributed by atoms with van der Waals surface area (Å²) in [6.45, 7) is 22.4. The van der Waals surface area contributed by atoms with Gasteiger partial charge in [-0.2, -0.15) is 11.3 Å². The maximum absolute atomic E-state index is 7.16. The van der Waals surface area contributed by atoms with Crippen LogP contribution in [0.15, 0.2) is 66.0 Å². The molecule has 4 nitrogen and oxygen atoms in total. The molecule has 0 fully saturated rings. The average molecular weight is 589 g/mol. The SMILES string of the molecule is COc1ccc([Si](C)(C)O[Si](C)(O[Si](C)(C)c2ccc(C(C)(C)C)cc2)O[Si](C)(C)c2cccs2)cc1. The van der Waals surface area contributed by atoms with E-state index in [4.69, 9.17) is 17.1 Å². The van der Waals surface area contributed by atoms with Gasteiger partial charge in [0.25, 0.3) is 0 Å². The molecule has 0 aliphatic rings. The Hall–Kier alpha value is -1.31. The van der Waals surface area contributed by atoms with Gasteiger partial charge in [0.2, 0.25) is 25.0 Å². The molecule has 37 heavy (non-hydrogen) atoms. The summed E-state index contributed by atoms with van der Waals surface area (Å²) < 4.78 is 28.1. The number of methoxy groups -OCH3 is 1. The topological polar surface area (TPSA) is 36.9 Å². The molecule has 0 saturated carbocycles. The normalized spacial score (nSPS) is 14.9. The Balaban J connectivity index is 1.97. The van der Waals surface area contributed by atoms with Crippen molar-refractivity contribution >= 4 is 60.0 Å². The number of hydrogen-bond acceptors (Lipinski definition) is 5. The van der Waals surface area contributed by atoms with Crippen molar-refractivity contribution in [2.75, 3.05) is 7.11 Å². The van der Waals surface area contributed by atoms with Crippen LogP contribution in [0.25, 0.3) is 0 Å². The first-order valence-corrected chi connectivity index (χ1v) is 24.7. The fraction of sp³-hybridized carbons (Fsp3) is 0.429. The van der Waals surface area contributed by atoms with Crippen molar-refractivity contribution in [3.8, 4) is 5.75 Å². The lowest BCUT2D eigenvalue weighted by Gasteiger charge is -2.43. The smallest absolute Gasteiger partial charge is 0.467 e. The van der Waals surface area contributed by atoms with Gasteiger partial charge in [-0.05, 0) is 84.2 Å². The molecule has 0 radical (unpaired) electrons. The molecule has 3 aromatic rings.